The minimum absolute atomic E-state index is 0.0174. The van der Waals surface area contributed by atoms with Gasteiger partial charge < -0.3 is 9.47 Å². The van der Waals surface area contributed by atoms with Crippen molar-refractivity contribution in [3.05, 3.63) is 48.0 Å². The smallest absolute Gasteiger partial charge is 0.345 e. The van der Waals surface area contributed by atoms with Crippen LogP contribution < -0.4 is 0 Å². The molecular weight excluding hydrogens is 292 g/mol. The van der Waals surface area contributed by atoms with Gasteiger partial charge >= 0.3 is 11.9 Å². The summed E-state index contributed by atoms with van der Waals surface area (Å²) in [7, 11) is 0. The number of esters is 2. The van der Waals surface area contributed by atoms with Crippen molar-refractivity contribution in [1.29, 1.82) is 0 Å². The van der Waals surface area contributed by atoms with Crippen molar-refractivity contribution in [2.75, 3.05) is 6.61 Å². The van der Waals surface area contributed by atoms with Crippen LogP contribution in [0.25, 0.3) is 0 Å². The van der Waals surface area contributed by atoms with Crippen molar-refractivity contribution in [3.63, 3.8) is 0 Å². The molecule has 0 amide bonds. The molecule has 4 heteroatoms. The van der Waals surface area contributed by atoms with Crippen LogP contribution in [-0.2, 0) is 14.3 Å². The average molecular weight is 318 g/mol. The maximum absolute atomic E-state index is 12.5. The number of hydrogen-bond acceptors (Lipinski definition) is 4. The summed E-state index contributed by atoms with van der Waals surface area (Å²) in [6.45, 7) is 8.13. The van der Waals surface area contributed by atoms with E-state index in [1.807, 2.05) is 39.8 Å². The second-order valence-corrected chi connectivity index (χ2v) is 5.54. The zero-order chi connectivity index (χ0) is 17.2. The van der Waals surface area contributed by atoms with Gasteiger partial charge in [-0.15, -0.1) is 0 Å². The van der Waals surface area contributed by atoms with Crippen LogP contribution in [0.1, 0.15) is 44.5 Å². The van der Waals surface area contributed by atoms with Crippen LogP contribution in [0.3, 0.4) is 0 Å². The Morgan fingerprint density at radius 1 is 1.17 bits per heavy atom. The van der Waals surface area contributed by atoms with E-state index < -0.39 is 17.9 Å². The molecule has 0 spiro atoms. The lowest BCUT2D eigenvalue weighted by Crippen LogP contribution is -2.36. The van der Waals surface area contributed by atoms with Crippen molar-refractivity contribution >= 4 is 11.9 Å². The Morgan fingerprint density at radius 2 is 1.83 bits per heavy atom. The second kappa shape index (κ2) is 9.95. The Balaban J connectivity index is 2.83. The van der Waals surface area contributed by atoms with Gasteiger partial charge in [0, 0.05) is 6.61 Å². The maximum Gasteiger partial charge on any atom is 0.345 e. The van der Waals surface area contributed by atoms with Gasteiger partial charge in [-0.05, 0) is 45.2 Å². The zero-order valence-corrected chi connectivity index (χ0v) is 14.3. The highest BCUT2D eigenvalue weighted by atomic mass is 16.6. The molecule has 0 aliphatic heterocycles. The Labute approximate surface area is 138 Å². The number of benzene rings is 1. The number of allylic oxidation sites excluding steroid dienone is 2. The number of rotatable bonds is 8. The molecule has 1 aromatic rings. The SMILES string of the molecule is C/C=C/C[C@@H](C)[C@@H](C(=O)OC(=O)c1ccccc1)C(C)OCC. The lowest BCUT2D eigenvalue weighted by molar-refractivity contribution is -0.150. The molecule has 0 saturated carbocycles. The zero-order valence-electron chi connectivity index (χ0n) is 14.3. The van der Waals surface area contributed by atoms with Gasteiger partial charge in [-0.25, -0.2) is 4.79 Å². The number of carbonyl (C=O) groups excluding carboxylic acids is 2. The Bertz CT molecular complexity index is 521. The van der Waals surface area contributed by atoms with E-state index in [1.54, 1.807) is 30.3 Å². The third-order valence-electron chi connectivity index (χ3n) is 3.77. The molecule has 0 fully saturated rings. The fraction of sp³-hybridized carbons (Fsp3) is 0.474. The maximum atomic E-state index is 12.5. The predicted octanol–water partition coefficient (Wildman–Crippen LogP) is 4.01. The molecule has 1 rings (SSSR count). The largest absolute Gasteiger partial charge is 0.389 e. The summed E-state index contributed by atoms with van der Waals surface area (Å²) in [5, 5.41) is 0. The molecule has 0 aliphatic carbocycles. The molecule has 126 valence electrons. The molecule has 0 radical (unpaired) electrons. The number of hydrogen-bond donors (Lipinski definition) is 0. The van der Waals surface area contributed by atoms with Gasteiger partial charge in [0.15, 0.2) is 0 Å². The molecule has 0 aromatic heterocycles. The molecule has 0 N–H and O–H groups in total. The quantitative estimate of drug-likeness (QED) is 0.413. The molecule has 0 heterocycles. The first-order valence-corrected chi connectivity index (χ1v) is 8.05. The third kappa shape index (κ3) is 5.99. The van der Waals surface area contributed by atoms with E-state index in [2.05, 4.69) is 0 Å². The highest BCUT2D eigenvalue weighted by molar-refractivity contribution is 5.97. The van der Waals surface area contributed by atoms with Crippen molar-refractivity contribution in [3.8, 4) is 0 Å². The topological polar surface area (TPSA) is 52.6 Å². The normalized spacial score (nSPS) is 15.1. The molecule has 1 unspecified atom stereocenters. The fourth-order valence-corrected chi connectivity index (χ4v) is 2.54. The predicted molar refractivity (Wildman–Crippen MR) is 90.0 cm³/mol. The van der Waals surface area contributed by atoms with Gasteiger partial charge in [0.2, 0.25) is 0 Å². The summed E-state index contributed by atoms with van der Waals surface area (Å²) in [4.78, 5) is 24.6. The van der Waals surface area contributed by atoms with Crippen LogP contribution in [0.15, 0.2) is 42.5 Å². The van der Waals surface area contributed by atoms with Gasteiger partial charge in [0.25, 0.3) is 0 Å². The molecule has 4 nitrogen and oxygen atoms in total. The molecule has 3 atom stereocenters. The van der Waals surface area contributed by atoms with E-state index >= 15 is 0 Å². The number of carbonyl (C=O) groups is 2. The van der Waals surface area contributed by atoms with Crippen LogP contribution in [0.4, 0.5) is 0 Å². The Morgan fingerprint density at radius 3 is 2.39 bits per heavy atom. The summed E-state index contributed by atoms with van der Waals surface area (Å²) in [5.74, 6) is -1.62. The van der Waals surface area contributed by atoms with E-state index in [-0.39, 0.29) is 12.0 Å². The van der Waals surface area contributed by atoms with E-state index in [4.69, 9.17) is 9.47 Å². The summed E-state index contributed by atoms with van der Waals surface area (Å²) in [6.07, 6.45) is 4.37. The highest BCUT2D eigenvalue weighted by Crippen LogP contribution is 2.24. The van der Waals surface area contributed by atoms with Crippen LogP contribution in [0.2, 0.25) is 0 Å². The second-order valence-electron chi connectivity index (χ2n) is 5.54. The fourth-order valence-electron chi connectivity index (χ4n) is 2.54. The molecular formula is C19H26O4. The summed E-state index contributed by atoms with van der Waals surface area (Å²) < 4.78 is 10.7. The molecule has 0 aliphatic rings. The lowest BCUT2D eigenvalue weighted by atomic mass is 9.87. The minimum atomic E-state index is -0.623. The van der Waals surface area contributed by atoms with Crippen LogP contribution in [-0.4, -0.2) is 24.6 Å². The third-order valence-corrected chi connectivity index (χ3v) is 3.77. The first kappa shape index (κ1) is 19.1. The lowest BCUT2D eigenvalue weighted by Gasteiger charge is -2.26. The molecule has 0 bridgehead atoms. The van der Waals surface area contributed by atoms with Crippen LogP contribution in [0.5, 0.6) is 0 Å². The average Bonchev–Trinajstić information content (AvgIpc) is 2.54. The molecule has 0 saturated heterocycles. The molecule has 1 aromatic carbocycles. The first-order valence-electron chi connectivity index (χ1n) is 8.05. The van der Waals surface area contributed by atoms with Gasteiger partial charge in [-0.2, -0.15) is 0 Å². The van der Waals surface area contributed by atoms with Crippen molar-refractivity contribution in [1.82, 2.24) is 0 Å². The van der Waals surface area contributed by atoms with Gasteiger partial charge in [-0.1, -0.05) is 37.3 Å². The van der Waals surface area contributed by atoms with Gasteiger partial charge in [-0.3, -0.25) is 4.79 Å². The summed E-state index contributed by atoms with van der Waals surface area (Å²) >= 11 is 0. The molecule has 23 heavy (non-hydrogen) atoms. The summed E-state index contributed by atoms with van der Waals surface area (Å²) in [5.41, 5.74) is 0.366. The van der Waals surface area contributed by atoms with Crippen molar-refractivity contribution < 1.29 is 19.1 Å². The number of ether oxygens (including phenoxy) is 2. The minimum Gasteiger partial charge on any atom is -0.389 e. The Hall–Kier alpha value is -1.94. The van der Waals surface area contributed by atoms with Gasteiger partial charge in [0.05, 0.1) is 17.6 Å². The highest BCUT2D eigenvalue weighted by Gasteiger charge is 2.33. The monoisotopic (exact) mass is 318 g/mol. The van der Waals surface area contributed by atoms with Crippen LogP contribution >= 0.6 is 0 Å². The van der Waals surface area contributed by atoms with E-state index in [0.29, 0.717) is 12.2 Å². The van der Waals surface area contributed by atoms with Crippen LogP contribution in [0, 0.1) is 11.8 Å². The standard InChI is InChI=1S/C19H26O4/c1-5-7-11-14(3)17(15(4)22-6-2)19(21)23-18(20)16-12-9-8-10-13-16/h5,7-10,12-15,17H,6,11H2,1-4H3/b7-5+/t14-,15?,17-/m1/s1. The first-order chi connectivity index (χ1) is 11.0. The van der Waals surface area contributed by atoms with Crippen molar-refractivity contribution in [2.45, 2.75) is 40.2 Å². The van der Waals surface area contributed by atoms with E-state index in [1.165, 1.54) is 0 Å². The Kier molecular flexibility index (Phi) is 8.27. The van der Waals surface area contributed by atoms with Crippen molar-refractivity contribution in [2.24, 2.45) is 11.8 Å². The van der Waals surface area contributed by atoms with E-state index in [0.717, 1.165) is 6.42 Å². The van der Waals surface area contributed by atoms with E-state index in [9.17, 15) is 9.59 Å². The summed E-state index contributed by atoms with van der Waals surface area (Å²) in [6, 6.07) is 8.52. The van der Waals surface area contributed by atoms with Gasteiger partial charge in [0.1, 0.15) is 0 Å².